The van der Waals surface area contributed by atoms with Crippen LogP contribution in [0.2, 0.25) is 0 Å². The summed E-state index contributed by atoms with van der Waals surface area (Å²) >= 11 is 0. The van der Waals surface area contributed by atoms with Gasteiger partial charge < -0.3 is 4.74 Å². The number of fused-ring (bicyclic) bond motifs is 1. The summed E-state index contributed by atoms with van der Waals surface area (Å²) in [5.74, 6) is -0.304. The van der Waals surface area contributed by atoms with E-state index in [1.807, 2.05) is 13.0 Å². The molecule has 1 aromatic heterocycles. The molecule has 1 aliphatic rings. The van der Waals surface area contributed by atoms with E-state index >= 15 is 0 Å². The van der Waals surface area contributed by atoms with Crippen molar-refractivity contribution in [3.63, 3.8) is 0 Å². The highest BCUT2D eigenvalue weighted by Gasteiger charge is 2.32. The Bertz CT molecular complexity index is 888. The van der Waals surface area contributed by atoms with E-state index in [2.05, 4.69) is 9.72 Å². The zero-order chi connectivity index (χ0) is 17.6. The average molecular weight is 354 g/mol. The van der Waals surface area contributed by atoms with Crippen molar-refractivity contribution < 1.29 is 23.0 Å². The number of alkyl halides is 3. The number of hydrogen-bond acceptors (Lipinski definition) is 2. The number of rotatable bonds is 2. The van der Waals surface area contributed by atoms with Crippen LogP contribution in [-0.2, 0) is 9.84 Å². The van der Waals surface area contributed by atoms with Crippen molar-refractivity contribution in [1.29, 1.82) is 0 Å². The Kier molecular flexibility index (Phi) is 3.99. The van der Waals surface area contributed by atoms with Gasteiger partial charge >= 0.3 is 6.36 Å². The Labute approximate surface area is 139 Å². The maximum absolute atomic E-state index is 12.4. The van der Waals surface area contributed by atoms with E-state index in [1.54, 1.807) is 25.3 Å². The van der Waals surface area contributed by atoms with Crippen molar-refractivity contribution in [3.05, 3.63) is 51.6 Å². The maximum atomic E-state index is 12.4. The molecule has 0 N–H and O–H groups in total. The van der Waals surface area contributed by atoms with Crippen molar-refractivity contribution in [2.45, 2.75) is 32.0 Å². The Morgan fingerprint density at radius 2 is 1.88 bits per heavy atom. The largest absolute Gasteiger partial charge is 0.573 e. The summed E-state index contributed by atoms with van der Waals surface area (Å²) in [5, 5.41) is 16.1. The molecule has 1 aromatic carbocycles. The second kappa shape index (κ2) is 5.73. The molecule has 1 radical (unpaired) electrons. The summed E-state index contributed by atoms with van der Waals surface area (Å²) in [6.45, 7) is 5.37. The smallest absolute Gasteiger partial charge is 0.405 e. The number of aromatic nitrogens is 1. The van der Waals surface area contributed by atoms with E-state index in [9.17, 15) is 18.3 Å². The molecule has 24 heavy (non-hydrogen) atoms. The van der Waals surface area contributed by atoms with Crippen LogP contribution in [0, 0.1) is 20.8 Å². The van der Waals surface area contributed by atoms with Crippen LogP contribution in [0.1, 0.15) is 16.8 Å². The zero-order valence-electron chi connectivity index (χ0n) is 13.2. The van der Waals surface area contributed by atoms with Crippen molar-refractivity contribution in [1.82, 2.24) is 4.98 Å². The molecule has 2 heterocycles. The Balaban J connectivity index is 2.05. The van der Waals surface area contributed by atoms with Crippen LogP contribution in [0.25, 0.3) is 10.9 Å². The first-order valence-electron chi connectivity index (χ1n) is 7.18. The lowest BCUT2D eigenvalue weighted by Crippen LogP contribution is -2.11. The molecule has 0 fully saturated rings. The number of ether oxygens (including phenoxy) is 1. The third-order valence-electron chi connectivity index (χ3n) is 3.91. The molecule has 0 bridgehead atoms. The van der Waals surface area contributed by atoms with Crippen LogP contribution < -0.4 is 0 Å². The molecule has 0 spiro atoms. The second-order valence-electron chi connectivity index (χ2n) is 5.61. The van der Waals surface area contributed by atoms with E-state index in [0.717, 1.165) is 10.5 Å². The van der Waals surface area contributed by atoms with Gasteiger partial charge in [-0.1, -0.05) is 0 Å². The maximum Gasteiger partial charge on any atom is 0.573 e. The topological polar surface area (TPSA) is 42.0 Å². The van der Waals surface area contributed by atoms with E-state index < -0.39 is 17.3 Å². The van der Waals surface area contributed by atoms with E-state index in [4.69, 9.17) is 0 Å². The number of thiol groups is 1. The van der Waals surface area contributed by atoms with Gasteiger partial charge in [-0.25, -0.2) is 0 Å². The molecule has 3 rings (SSSR count). The molecule has 1 aliphatic heterocycles. The van der Waals surface area contributed by atoms with E-state index in [1.165, 1.54) is 11.5 Å². The minimum absolute atomic E-state index is 0.0901. The standard InChI is InChI=1S/C17H15F3NO2S/c1-9-6-14-13(16(22)10(2)11(3)21-14)7-15(9)24-5-4-12(8-24)23-17(18,19)20/h4-8,24H,1-3H3. The highest BCUT2D eigenvalue weighted by molar-refractivity contribution is 8.22. The van der Waals surface area contributed by atoms with Gasteiger partial charge in [0.25, 0.3) is 0 Å². The minimum Gasteiger partial charge on any atom is -0.405 e. The molecule has 1 atom stereocenters. The molecule has 3 nitrogen and oxygen atoms in total. The number of allylic oxidation sites excluding steroid dienone is 1. The molecule has 0 aliphatic carbocycles. The number of hydrogen-bond donors (Lipinski definition) is 1. The summed E-state index contributed by atoms with van der Waals surface area (Å²) in [6.07, 6.45) is -3.39. The number of aryl methyl sites for hydroxylation is 2. The predicted octanol–water partition coefficient (Wildman–Crippen LogP) is 5.57. The highest BCUT2D eigenvalue weighted by Crippen LogP contribution is 2.48. The number of benzene rings is 1. The van der Waals surface area contributed by atoms with E-state index in [-0.39, 0.29) is 11.5 Å². The fourth-order valence-electron chi connectivity index (χ4n) is 2.59. The monoisotopic (exact) mass is 354 g/mol. The Morgan fingerprint density at radius 1 is 1.17 bits per heavy atom. The summed E-state index contributed by atoms with van der Waals surface area (Å²) in [7, 11) is -1.09. The lowest BCUT2D eigenvalue weighted by molar-refractivity contribution is -0.303. The van der Waals surface area contributed by atoms with Gasteiger partial charge in [-0.15, -0.1) is 13.2 Å². The first kappa shape index (κ1) is 16.7. The molecular formula is C17H15F3NO2S. The van der Waals surface area contributed by atoms with Gasteiger partial charge in [0.05, 0.1) is 5.52 Å². The van der Waals surface area contributed by atoms with Crippen molar-refractivity contribution >= 4 is 21.8 Å². The first-order chi connectivity index (χ1) is 11.2. The van der Waals surface area contributed by atoms with Gasteiger partial charge in [-0.2, -0.15) is 10.9 Å². The lowest BCUT2D eigenvalue weighted by atomic mass is 10.1. The Morgan fingerprint density at radius 3 is 2.54 bits per heavy atom. The van der Waals surface area contributed by atoms with Gasteiger partial charge in [-0.3, -0.25) is 10.1 Å². The van der Waals surface area contributed by atoms with Crippen LogP contribution >= 0.6 is 10.9 Å². The molecule has 127 valence electrons. The first-order valence-corrected chi connectivity index (χ1v) is 8.66. The molecule has 2 aromatic rings. The van der Waals surface area contributed by atoms with Gasteiger partial charge in [0.15, 0.2) is 5.75 Å². The van der Waals surface area contributed by atoms with Crippen molar-refractivity contribution in [2.24, 2.45) is 0 Å². The summed E-state index contributed by atoms with van der Waals surface area (Å²) < 4.78 is 40.9. The van der Waals surface area contributed by atoms with Gasteiger partial charge in [0.1, 0.15) is 5.76 Å². The number of nitrogens with zero attached hydrogens (tertiary/aromatic N) is 1. The van der Waals surface area contributed by atoms with Gasteiger partial charge in [-0.05, 0) is 54.8 Å². The van der Waals surface area contributed by atoms with E-state index in [0.29, 0.717) is 22.2 Å². The van der Waals surface area contributed by atoms with Crippen LogP contribution in [0.4, 0.5) is 13.2 Å². The molecule has 1 unspecified atom stereocenters. The Hall–Kier alpha value is -2.15. The van der Waals surface area contributed by atoms with Crippen LogP contribution in [-0.4, -0.2) is 11.3 Å². The summed E-state index contributed by atoms with van der Waals surface area (Å²) in [5.41, 5.74) is 2.77. The second-order valence-corrected chi connectivity index (χ2v) is 7.46. The quantitative estimate of drug-likeness (QED) is 0.717. The third kappa shape index (κ3) is 3.08. The minimum atomic E-state index is -4.71. The third-order valence-corrected chi connectivity index (χ3v) is 5.95. The number of pyridine rings is 1. The lowest BCUT2D eigenvalue weighted by Gasteiger charge is -2.16. The molecule has 0 amide bonds. The molecule has 0 saturated heterocycles. The molecule has 7 heteroatoms. The highest BCUT2D eigenvalue weighted by atomic mass is 32.2. The van der Waals surface area contributed by atoms with Gasteiger partial charge in [0, 0.05) is 22.1 Å². The normalized spacial score (nSPS) is 18.9. The van der Waals surface area contributed by atoms with Crippen LogP contribution in [0.5, 0.6) is 5.75 Å². The van der Waals surface area contributed by atoms with Crippen molar-refractivity contribution in [3.8, 4) is 5.75 Å². The fourth-order valence-corrected chi connectivity index (χ4v) is 4.44. The van der Waals surface area contributed by atoms with Gasteiger partial charge in [0.2, 0.25) is 0 Å². The SMILES string of the molecule is Cc1cc2nc(C)c(C)c([O])c2cc1[SH]1C=CC(OC(F)(F)F)=C1. The molecular weight excluding hydrogens is 339 g/mol. The summed E-state index contributed by atoms with van der Waals surface area (Å²) in [4.78, 5) is 5.26. The fraction of sp³-hybridized carbons (Fsp3) is 0.235. The number of halogens is 3. The van der Waals surface area contributed by atoms with Crippen LogP contribution in [0.3, 0.4) is 0 Å². The average Bonchev–Trinajstić information content (AvgIpc) is 2.90. The summed E-state index contributed by atoms with van der Waals surface area (Å²) in [6, 6.07) is 3.56. The zero-order valence-corrected chi connectivity index (χ0v) is 14.1. The van der Waals surface area contributed by atoms with Crippen molar-refractivity contribution in [2.75, 3.05) is 0 Å². The molecule has 0 saturated carbocycles. The predicted molar refractivity (Wildman–Crippen MR) is 87.7 cm³/mol. The van der Waals surface area contributed by atoms with Crippen LogP contribution in [0.15, 0.2) is 39.7 Å².